The number of nitrogens with zero attached hydrogens (tertiary/aromatic N) is 1. The number of ether oxygens (including phenoxy) is 3. The molecule has 1 saturated heterocycles. The zero-order chi connectivity index (χ0) is 21.2. The van der Waals surface area contributed by atoms with Gasteiger partial charge in [0.1, 0.15) is 0 Å². The zero-order valence-corrected chi connectivity index (χ0v) is 21.2. The number of halogens is 1. The van der Waals surface area contributed by atoms with Crippen molar-refractivity contribution in [1.82, 2.24) is 10.6 Å². The van der Waals surface area contributed by atoms with Crippen molar-refractivity contribution in [2.75, 3.05) is 40.0 Å². The highest BCUT2D eigenvalue weighted by Crippen LogP contribution is 2.35. The third-order valence-corrected chi connectivity index (χ3v) is 6.08. The molecule has 1 aromatic carbocycles. The van der Waals surface area contributed by atoms with Crippen molar-refractivity contribution in [3.63, 3.8) is 0 Å². The van der Waals surface area contributed by atoms with Crippen LogP contribution in [0, 0.1) is 5.41 Å². The van der Waals surface area contributed by atoms with E-state index >= 15 is 0 Å². The number of hydrogen-bond donors (Lipinski definition) is 3. The van der Waals surface area contributed by atoms with E-state index in [1.54, 1.807) is 7.11 Å². The molecular formula is C23H38IN3O4. The van der Waals surface area contributed by atoms with Crippen molar-refractivity contribution in [3.8, 4) is 11.5 Å². The molecule has 176 valence electrons. The van der Waals surface area contributed by atoms with Gasteiger partial charge in [-0.25, -0.2) is 4.99 Å². The maximum atomic E-state index is 9.45. The lowest BCUT2D eigenvalue weighted by atomic mass is 9.84. The smallest absolute Gasteiger partial charge is 0.191 e. The van der Waals surface area contributed by atoms with Crippen LogP contribution in [0.25, 0.3) is 0 Å². The van der Waals surface area contributed by atoms with Gasteiger partial charge in [-0.2, -0.15) is 0 Å². The molecule has 0 radical (unpaired) electrons. The molecule has 1 aliphatic carbocycles. The first kappa shape index (κ1) is 26.0. The summed E-state index contributed by atoms with van der Waals surface area (Å²) in [5, 5.41) is 16.2. The summed E-state index contributed by atoms with van der Waals surface area (Å²) >= 11 is 0. The summed E-state index contributed by atoms with van der Waals surface area (Å²) in [6.45, 7) is 5.65. The molecule has 2 aliphatic rings. The number of aliphatic imine (C=N–C) groups is 1. The molecule has 0 amide bonds. The Hall–Kier alpha value is -1.26. The van der Waals surface area contributed by atoms with Crippen LogP contribution < -0.4 is 20.1 Å². The van der Waals surface area contributed by atoms with Crippen LogP contribution in [-0.2, 0) is 11.3 Å². The second-order valence-electron chi connectivity index (χ2n) is 8.30. The average Bonchev–Trinajstić information content (AvgIpc) is 3.44. The third kappa shape index (κ3) is 7.39. The molecule has 1 aliphatic heterocycles. The number of nitrogens with one attached hydrogen (secondary N) is 2. The van der Waals surface area contributed by atoms with Crippen molar-refractivity contribution < 1.29 is 19.3 Å². The third-order valence-electron chi connectivity index (χ3n) is 6.08. The number of para-hydroxylation sites is 1. The Morgan fingerprint density at radius 1 is 1.29 bits per heavy atom. The number of guanidine groups is 1. The molecule has 1 saturated carbocycles. The van der Waals surface area contributed by atoms with Crippen LogP contribution in [-0.4, -0.2) is 57.2 Å². The second-order valence-corrected chi connectivity index (χ2v) is 8.30. The monoisotopic (exact) mass is 547 g/mol. The Balaban J connectivity index is 0.00000341. The Morgan fingerprint density at radius 2 is 2.10 bits per heavy atom. The fourth-order valence-corrected chi connectivity index (χ4v) is 4.24. The quantitative estimate of drug-likeness (QED) is 0.237. The van der Waals surface area contributed by atoms with E-state index in [2.05, 4.69) is 23.6 Å². The molecule has 1 aromatic rings. The maximum absolute atomic E-state index is 9.45. The second kappa shape index (κ2) is 13.3. The first-order valence-electron chi connectivity index (χ1n) is 11.2. The summed E-state index contributed by atoms with van der Waals surface area (Å²) < 4.78 is 17.5. The van der Waals surface area contributed by atoms with E-state index < -0.39 is 0 Å². The van der Waals surface area contributed by atoms with Crippen molar-refractivity contribution in [3.05, 3.63) is 23.8 Å². The Bertz CT molecular complexity index is 689. The van der Waals surface area contributed by atoms with Gasteiger partial charge in [-0.15, -0.1) is 24.0 Å². The van der Waals surface area contributed by atoms with Crippen LogP contribution in [0.15, 0.2) is 23.2 Å². The van der Waals surface area contributed by atoms with E-state index in [0.717, 1.165) is 68.4 Å². The average molecular weight is 547 g/mol. The normalized spacial score (nSPS) is 21.6. The van der Waals surface area contributed by atoms with Gasteiger partial charge in [-0.05, 0) is 51.5 Å². The highest BCUT2D eigenvalue weighted by Gasteiger charge is 2.34. The fraction of sp³-hybridized carbons (Fsp3) is 0.696. The summed E-state index contributed by atoms with van der Waals surface area (Å²) in [5.41, 5.74) is 0.991. The summed E-state index contributed by atoms with van der Waals surface area (Å²) in [6.07, 6.45) is 6.59. The fourth-order valence-electron chi connectivity index (χ4n) is 4.24. The van der Waals surface area contributed by atoms with E-state index in [1.807, 2.05) is 12.1 Å². The minimum atomic E-state index is -0.0301. The van der Waals surface area contributed by atoms with Gasteiger partial charge in [0.05, 0.1) is 26.4 Å². The van der Waals surface area contributed by atoms with Gasteiger partial charge >= 0.3 is 0 Å². The lowest BCUT2D eigenvalue weighted by Crippen LogP contribution is -2.44. The molecule has 0 aromatic heterocycles. The lowest BCUT2D eigenvalue weighted by molar-refractivity contribution is 0.127. The van der Waals surface area contributed by atoms with E-state index in [0.29, 0.717) is 13.2 Å². The topological polar surface area (TPSA) is 84.3 Å². The van der Waals surface area contributed by atoms with Gasteiger partial charge in [-0.1, -0.05) is 12.1 Å². The molecule has 1 unspecified atom stereocenters. The summed E-state index contributed by atoms with van der Waals surface area (Å²) in [6, 6.07) is 5.98. The van der Waals surface area contributed by atoms with Crippen LogP contribution in [0.3, 0.4) is 0 Å². The predicted molar refractivity (Wildman–Crippen MR) is 134 cm³/mol. The van der Waals surface area contributed by atoms with Crippen LogP contribution in [0.5, 0.6) is 11.5 Å². The van der Waals surface area contributed by atoms with Gasteiger partial charge in [0, 0.05) is 37.3 Å². The van der Waals surface area contributed by atoms with Gasteiger partial charge < -0.3 is 30.0 Å². The van der Waals surface area contributed by atoms with Gasteiger partial charge in [0.2, 0.25) is 0 Å². The molecular weight excluding hydrogens is 509 g/mol. The van der Waals surface area contributed by atoms with Crippen molar-refractivity contribution in [2.24, 2.45) is 10.4 Å². The molecule has 0 bridgehead atoms. The molecule has 3 rings (SSSR count). The maximum Gasteiger partial charge on any atom is 0.191 e. The van der Waals surface area contributed by atoms with Gasteiger partial charge in [-0.3, -0.25) is 0 Å². The van der Waals surface area contributed by atoms with E-state index in [-0.39, 0.29) is 42.1 Å². The number of aliphatic hydroxyl groups excluding tert-OH is 1. The van der Waals surface area contributed by atoms with Crippen molar-refractivity contribution in [1.29, 1.82) is 0 Å². The Morgan fingerprint density at radius 3 is 2.74 bits per heavy atom. The molecule has 8 heteroatoms. The number of benzene rings is 1. The molecule has 31 heavy (non-hydrogen) atoms. The van der Waals surface area contributed by atoms with Crippen LogP contribution in [0.2, 0.25) is 0 Å². The summed E-state index contributed by atoms with van der Waals surface area (Å²) in [5.74, 6) is 2.33. The number of rotatable bonds is 10. The minimum Gasteiger partial charge on any atom is -0.493 e. The van der Waals surface area contributed by atoms with E-state index in [9.17, 15) is 5.11 Å². The van der Waals surface area contributed by atoms with Gasteiger partial charge in [0.25, 0.3) is 0 Å². The van der Waals surface area contributed by atoms with E-state index in [1.165, 1.54) is 12.8 Å². The van der Waals surface area contributed by atoms with Gasteiger partial charge in [0.15, 0.2) is 17.5 Å². The molecule has 7 nitrogen and oxygen atoms in total. The Kier molecular flexibility index (Phi) is 11.2. The zero-order valence-electron chi connectivity index (χ0n) is 18.8. The molecule has 3 N–H and O–H groups in total. The molecule has 1 atom stereocenters. The highest BCUT2D eigenvalue weighted by molar-refractivity contribution is 14.0. The molecule has 2 fully saturated rings. The predicted octanol–water partition coefficient (Wildman–Crippen LogP) is 3.48. The summed E-state index contributed by atoms with van der Waals surface area (Å²) in [7, 11) is 1.68. The first-order chi connectivity index (χ1) is 14.7. The largest absolute Gasteiger partial charge is 0.493 e. The van der Waals surface area contributed by atoms with Crippen molar-refractivity contribution in [2.45, 2.75) is 58.1 Å². The minimum absolute atomic E-state index is 0. The van der Waals surface area contributed by atoms with Crippen LogP contribution >= 0.6 is 24.0 Å². The molecule has 1 heterocycles. The standard InChI is InChI=1S/C23H37N3O4.HI/c1-3-24-22(26-16-23(11-13-27)12-14-29-17-23)25-15-18-7-6-10-20(28-2)21(18)30-19-8-4-5-9-19;/h6-7,10,19,27H,3-5,8-9,11-17H2,1-2H3,(H2,24,25,26);1H. The number of methoxy groups -OCH3 is 1. The SMILES string of the molecule is CCNC(=NCc1cccc(OC)c1OC1CCCC1)NCC1(CCO)CCOC1.I. The lowest BCUT2D eigenvalue weighted by Gasteiger charge is -2.27. The van der Waals surface area contributed by atoms with E-state index in [4.69, 9.17) is 19.2 Å². The summed E-state index contributed by atoms with van der Waals surface area (Å²) in [4.78, 5) is 4.80. The molecule has 0 spiro atoms. The number of aliphatic hydroxyl groups is 1. The van der Waals surface area contributed by atoms with Crippen LogP contribution in [0.4, 0.5) is 0 Å². The Labute approximate surface area is 203 Å². The van der Waals surface area contributed by atoms with Crippen molar-refractivity contribution >= 4 is 29.9 Å². The van der Waals surface area contributed by atoms with Crippen LogP contribution in [0.1, 0.15) is 51.0 Å². The highest BCUT2D eigenvalue weighted by atomic mass is 127. The number of hydrogen-bond acceptors (Lipinski definition) is 5. The first-order valence-corrected chi connectivity index (χ1v) is 11.2.